The molecule has 0 radical (unpaired) electrons. The van der Waals surface area contributed by atoms with Gasteiger partial charge in [0.1, 0.15) is 0 Å². The van der Waals surface area contributed by atoms with Gasteiger partial charge >= 0.3 is 5.97 Å². The van der Waals surface area contributed by atoms with Crippen LogP contribution in [0.25, 0.3) is 0 Å². The Balaban J connectivity index is 1.73. The maximum atomic E-state index is 12.5. The summed E-state index contributed by atoms with van der Waals surface area (Å²) in [4.78, 5) is 26.3. The molecule has 0 aromatic heterocycles. The number of amides is 1. The Kier molecular flexibility index (Phi) is 4.27. The second-order valence-electron chi connectivity index (χ2n) is 6.06. The quantitative estimate of drug-likeness (QED) is 0.806. The lowest BCUT2D eigenvalue weighted by Gasteiger charge is -2.40. The molecule has 22 heavy (non-hydrogen) atoms. The van der Waals surface area contributed by atoms with Crippen molar-refractivity contribution >= 4 is 11.9 Å². The van der Waals surface area contributed by atoms with Crippen LogP contribution in [0.5, 0.6) is 0 Å². The Morgan fingerprint density at radius 3 is 2.82 bits per heavy atom. The third kappa shape index (κ3) is 2.91. The van der Waals surface area contributed by atoms with Crippen LogP contribution >= 0.6 is 0 Å². The zero-order chi connectivity index (χ0) is 15.5. The van der Waals surface area contributed by atoms with Crippen molar-refractivity contribution in [2.75, 3.05) is 13.7 Å². The molecule has 0 bridgehead atoms. The minimum atomic E-state index is -0.279. The van der Waals surface area contributed by atoms with Gasteiger partial charge in [-0.05, 0) is 24.3 Å². The molecule has 1 aromatic carbocycles. The Bertz CT molecular complexity index is 594. The van der Waals surface area contributed by atoms with E-state index in [0.29, 0.717) is 24.5 Å². The molecule has 116 valence electrons. The number of carbonyl (C=O) groups excluding carboxylic acids is 2. The van der Waals surface area contributed by atoms with Crippen LogP contribution in [0.15, 0.2) is 42.0 Å². The first-order valence-corrected chi connectivity index (χ1v) is 7.79. The number of piperidine rings is 1. The number of rotatable bonds is 3. The Hall–Kier alpha value is -2.10. The van der Waals surface area contributed by atoms with E-state index in [-0.39, 0.29) is 17.8 Å². The van der Waals surface area contributed by atoms with Crippen molar-refractivity contribution < 1.29 is 14.3 Å². The molecule has 1 aliphatic carbocycles. The molecule has 1 aromatic rings. The molecule has 0 unspecified atom stereocenters. The summed E-state index contributed by atoms with van der Waals surface area (Å²) < 4.78 is 4.86. The summed E-state index contributed by atoms with van der Waals surface area (Å²) >= 11 is 0. The molecule has 0 N–H and O–H groups in total. The molecule has 1 amide bonds. The van der Waals surface area contributed by atoms with Crippen LogP contribution in [0.3, 0.4) is 0 Å². The Labute approximate surface area is 130 Å². The zero-order valence-electron chi connectivity index (χ0n) is 12.8. The number of likely N-dealkylation sites (tertiary alicyclic amines) is 1. The minimum absolute atomic E-state index is 0.0284. The van der Waals surface area contributed by atoms with E-state index in [2.05, 4.69) is 0 Å². The van der Waals surface area contributed by atoms with Gasteiger partial charge < -0.3 is 9.64 Å². The van der Waals surface area contributed by atoms with Crippen molar-refractivity contribution in [3.63, 3.8) is 0 Å². The Morgan fingerprint density at radius 1 is 1.32 bits per heavy atom. The highest BCUT2D eigenvalue weighted by atomic mass is 16.5. The number of carbonyl (C=O) groups is 2. The van der Waals surface area contributed by atoms with Gasteiger partial charge in [-0.15, -0.1) is 0 Å². The van der Waals surface area contributed by atoms with Gasteiger partial charge in [0.05, 0.1) is 7.11 Å². The second-order valence-corrected chi connectivity index (χ2v) is 6.06. The number of esters is 1. The normalized spacial score (nSPS) is 24.5. The Morgan fingerprint density at radius 2 is 2.09 bits per heavy atom. The van der Waals surface area contributed by atoms with Gasteiger partial charge in [-0.1, -0.05) is 36.4 Å². The van der Waals surface area contributed by atoms with Gasteiger partial charge in [0.25, 0.3) is 0 Å². The maximum absolute atomic E-state index is 12.5. The van der Waals surface area contributed by atoms with Crippen molar-refractivity contribution in [3.05, 3.63) is 47.5 Å². The van der Waals surface area contributed by atoms with Crippen molar-refractivity contribution in [2.24, 2.45) is 11.8 Å². The fourth-order valence-corrected chi connectivity index (χ4v) is 3.57. The summed E-state index contributed by atoms with van der Waals surface area (Å²) in [6.07, 6.45) is 4.29. The fourth-order valence-electron chi connectivity index (χ4n) is 3.57. The van der Waals surface area contributed by atoms with Gasteiger partial charge in [0.15, 0.2) is 0 Å². The molecule has 2 atom stereocenters. The smallest absolute Gasteiger partial charge is 0.333 e. The average molecular weight is 299 g/mol. The van der Waals surface area contributed by atoms with Crippen molar-refractivity contribution in [1.82, 2.24) is 4.90 Å². The maximum Gasteiger partial charge on any atom is 0.333 e. The van der Waals surface area contributed by atoms with Gasteiger partial charge in [-0.25, -0.2) is 4.79 Å². The van der Waals surface area contributed by atoms with Crippen LogP contribution in [0, 0.1) is 11.8 Å². The molecule has 1 aliphatic heterocycles. The largest absolute Gasteiger partial charge is 0.466 e. The summed E-state index contributed by atoms with van der Waals surface area (Å²) in [5.41, 5.74) is 1.85. The molecule has 4 heteroatoms. The summed E-state index contributed by atoms with van der Waals surface area (Å²) in [7, 11) is 1.40. The monoisotopic (exact) mass is 299 g/mol. The summed E-state index contributed by atoms with van der Waals surface area (Å²) in [6.45, 7) is 1.38. The molecular weight excluding hydrogens is 278 g/mol. The second kappa shape index (κ2) is 6.34. The predicted octanol–water partition coefficient (Wildman–Crippen LogP) is 2.54. The van der Waals surface area contributed by atoms with Crippen LogP contribution in [-0.2, 0) is 20.9 Å². The lowest BCUT2D eigenvalue weighted by atomic mass is 9.74. The molecule has 0 saturated carbocycles. The number of nitrogens with zero attached hydrogens (tertiary/aromatic N) is 1. The molecule has 2 aliphatic rings. The minimum Gasteiger partial charge on any atom is -0.466 e. The van der Waals surface area contributed by atoms with Gasteiger partial charge in [-0.3, -0.25) is 4.79 Å². The highest BCUT2D eigenvalue weighted by Crippen LogP contribution is 2.38. The third-order valence-electron chi connectivity index (χ3n) is 4.71. The van der Waals surface area contributed by atoms with Crippen LogP contribution in [-0.4, -0.2) is 30.4 Å². The van der Waals surface area contributed by atoms with E-state index in [1.54, 1.807) is 0 Å². The number of hydrogen-bond acceptors (Lipinski definition) is 3. The topological polar surface area (TPSA) is 46.6 Å². The highest BCUT2D eigenvalue weighted by Gasteiger charge is 2.39. The summed E-state index contributed by atoms with van der Waals surface area (Å²) in [6, 6.07) is 10.0. The van der Waals surface area contributed by atoms with Crippen molar-refractivity contribution in [1.29, 1.82) is 0 Å². The zero-order valence-corrected chi connectivity index (χ0v) is 12.8. The molecular formula is C18H21NO3. The number of hydrogen-bond donors (Lipinski definition) is 0. The lowest BCUT2D eigenvalue weighted by Crippen LogP contribution is -2.46. The van der Waals surface area contributed by atoms with Crippen molar-refractivity contribution in [3.8, 4) is 0 Å². The molecule has 1 heterocycles. The fraction of sp³-hybridized carbons (Fsp3) is 0.444. The van der Waals surface area contributed by atoms with Crippen molar-refractivity contribution in [2.45, 2.75) is 25.8 Å². The molecule has 3 rings (SSSR count). The van der Waals surface area contributed by atoms with E-state index in [9.17, 15) is 9.59 Å². The predicted molar refractivity (Wildman–Crippen MR) is 82.8 cm³/mol. The van der Waals surface area contributed by atoms with E-state index in [1.165, 1.54) is 7.11 Å². The molecule has 0 spiro atoms. The lowest BCUT2D eigenvalue weighted by molar-refractivity contribution is -0.140. The standard InChI is InChI=1S/C18H21NO3/c1-22-18(21)15-9-5-8-14-12-19(17(20)10-16(14)15)11-13-6-3-2-4-7-13/h2-4,6-7,9,14,16H,5,8,10-12H2,1H3/t14-,16+/m1/s1. The van der Waals surface area contributed by atoms with Crippen LogP contribution < -0.4 is 0 Å². The number of methoxy groups -OCH3 is 1. The van der Waals surface area contributed by atoms with Gasteiger partial charge in [0.2, 0.25) is 5.91 Å². The molecule has 4 nitrogen and oxygen atoms in total. The van der Waals surface area contributed by atoms with E-state index in [1.807, 2.05) is 41.3 Å². The number of fused-ring (bicyclic) bond motifs is 1. The molecule has 1 fully saturated rings. The van der Waals surface area contributed by atoms with Crippen LogP contribution in [0.2, 0.25) is 0 Å². The number of ether oxygens (including phenoxy) is 1. The number of allylic oxidation sites excluding steroid dienone is 1. The average Bonchev–Trinajstić information content (AvgIpc) is 2.55. The highest BCUT2D eigenvalue weighted by molar-refractivity contribution is 5.91. The van der Waals surface area contributed by atoms with Crippen LogP contribution in [0.4, 0.5) is 0 Å². The SMILES string of the molecule is COC(=O)C1=CCC[C@@H]2CN(Cc3ccccc3)C(=O)C[C@H]12. The third-order valence-corrected chi connectivity index (χ3v) is 4.71. The van der Waals surface area contributed by atoms with E-state index < -0.39 is 0 Å². The first kappa shape index (κ1) is 14.8. The van der Waals surface area contributed by atoms with E-state index >= 15 is 0 Å². The van der Waals surface area contributed by atoms with Gasteiger partial charge in [-0.2, -0.15) is 0 Å². The molecule has 1 saturated heterocycles. The first-order chi connectivity index (χ1) is 10.7. The summed E-state index contributed by atoms with van der Waals surface area (Å²) in [5.74, 6) is 0.238. The summed E-state index contributed by atoms with van der Waals surface area (Å²) in [5, 5.41) is 0. The number of benzene rings is 1. The van der Waals surface area contributed by atoms with Gasteiger partial charge in [0, 0.05) is 31.0 Å². The first-order valence-electron chi connectivity index (χ1n) is 7.79. The van der Waals surface area contributed by atoms with E-state index in [4.69, 9.17) is 4.74 Å². The van der Waals surface area contributed by atoms with E-state index in [0.717, 1.165) is 24.9 Å². The van der Waals surface area contributed by atoms with Crippen LogP contribution in [0.1, 0.15) is 24.8 Å².